The molecule has 1 saturated heterocycles. The molecule has 3 aliphatic rings. The van der Waals surface area contributed by atoms with Gasteiger partial charge in [0, 0.05) is 17.9 Å². The minimum atomic E-state index is -1.08. The van der Waals surface area contributed by atoms with E-state index in [2.05, 4.69) is 26.8 Å². The summed E-state index contributed by atoms with van der Waals surface area (Å²) < 4.78 is 27.5. The van der Waals surface area contributed by atoms with Crippen molar-refractivity contribution in [3.63, 3.8) is 0 Å². The molecular weight excluding hydrogens is 338 g/mol. The molecule has 2 aliphatic carbocycles. The zero-order chi connectivity index (χ0) is 18.4. The molecule has 0 aromatic rings. The molecule has 3 rings (SSSR count). The van der Waals surface area contributed by atoms with E-state index in [0.29, 0.717) is 23.8 Å². The topological polar surface area (TPSA) is 20.2 Å². The van der Waals surface area contributed by atoms with Crippen LogP contribution in [-0.4, -0.2) is 16.6 Å². The molecule has 4 heteroatoms. The highest BCUT2D eigenvalue weighted by atomic mass is 32.2. The lowest BCUT2D eigenvalue weighted by atomic mass is 9.83. The molecule has 1 aliphatic heterocycles. The van der Waals surface area contributed by atoms with Gasteiger partial charge in [0.05, 0.1) is 0 Å². The Balaban J connectivity index is 0.000000676. The zero-order valence-electron chi connectivity index (χ0n) is 15.6. The highest BCUT2D eigenvalue weighted by Crippen LogP contribution is 2.39. The normalized spacial score (nSPS) is 21.5. The number of halogens is 2. The molecule has 0 radical (unpaired) electrons. The molecule has 25 heavy (non-hydrogen) atoms. The molecule has 0 amide bonds. The van der Waals surface area contributed by atoms with Gasteiger partial charge in [-0.05, 0) is 48.7 Å². The van der Waals surface area contributed by atoms with Gasteiger partial charge in [-0.3, -0.25) is 0 Å². The second-order valence-electron chi connectivity index (χ2n) is 7.47. The van der Waals surface area contributed by atoms with Crippen molar-refractivity contribution >= 4 is 11.8 Å². The first-order chi connectivity index (χ1) is 11.9. The van der Waals surface area contributed by atoms with Gasteiger partial charge >= 0.3 is 0 Å². The van der Waals surface area contributed by atoms with Crippen LogP contribution >= 0.6 is 11.8 Å². The van der Waals surface area contributed by atoms with E-state index in [4.69, 9.17) is 0 Å². The monoisotopic (exact) mass is 368 g/mol. The molecular formula is C21H30F2OS. The molecule has 1 atom stereocenters. The molecule has 1 N–H and O–H groups in total. The first-order valence-corrected chi connectivity index (χ1v) is 10.5. The minimum Gasteiger partial charge on any atom is -0.509 e. The summed E-state index contributed by atoms with van der Waals surface area (Å²) in [6.07, 6.45) is 8.65. The van der Waals surface area contributed by atoms with Gasteiger partial charge in [-0.1, -0.05) is 44.9 Å². The summed E-state index contributed by atoms with van der Waals surface area (Å²) in [7, 11) is 0. The van der Waals surface area contributed by atoms with Crippen LogP contribution in [0.3, 0.4) is 0 Å². The van der Waals surface area contributed by atoms with E-state index in [1.807, 2.05) is 17.8 Å². The quantitative estimate of drug-likeness (QED) is 0.518. The van der Waals surface area contributed by atoms with Gasteiger partial charge in [0.1, 0.15) is 5.76 Å². The molecule has 1 fully saturated rings. The second-order valence-corrected chi connectivity index (χ2v) is 8.70. The number of thioether (sulfide) groups is 1. The lowest BCUT2D eigenvalue weighted by Crippen LogP contribution is -2.08. The predicted molar refractivity (Wildman–Crippen MR) is 104 cm³/mol. The fourth-order valence-corrected chi connectivity index (χ4v) is 3.11. The van der Waals surface area contributed by atoms with Gasteiger partial charge in [-0.2, -0.15) is 11.8 Å². The van der Waals surface area contributed by atoms with Gasteiger partial charge in [0.25, 0.3) is 0 Å². The van der Waals surface area contributed by atoms with Crippen molar-refractivity contribution in [3.05, 3.63) is 46.3 Å². The Hall–Kier alpha value is -1.03. The van der Waals surface area contributed by atoms with Crippen molar-refractivity contribution in [3.8, 4) is 0 Å². The Bertz CT molecular complexity index is 594. The molecule has 1 unspecified atom stereocenters. The van der Waals surface area contributed by atoms with Crippen molar-refractivity contribution in [1.82, 2.24) is 0 Å². The van der Waals surface area contributed by atoms with Crippen molar-refractivity contribution in [2.45, 2.75) is 59.3 Å². The average molecular weight is 369 g/mol. The van der Waals surface area contributed by atoms with E-state index in [1.54, 1.807) is 0 Å². The molecule has 1 heterocycles. The highest BCUT2D eigenvalue weighted by molar-refractivity contribution is 8.06. The van der Waals surface area contributed by atoms with Crippen LogP contribution in [0.4, 0.5) is 8.78 Å². The Morgan fingerprint density at radius 1 is 0.960 bits per heavy atom. The molecule has 0 aromatic heterocycles. The van der Waals surface area contributed by atoms with Crippen LogP contribution in [0.25, 0.3) is 0 Å². The largest absolute Gasteiger partial charge is 0.509 e. The van der Waals surface area contributed by atoms with Crippen molar-refractivity contribution in [1.29, 1.82) is 0 Å². The summed E-state index contributed by atoms with van der Waals surface area (Å²) in [6, 6.07) is 0. The molecule has 0 bridgehead atoms. The Kier molecular flexibility index (Phi) is 7.80. The molecule has 0 spiro atoms. The summed E-state index contributed by atoms with van der Waals surface area (Å²) in [4.78, 5) is 0. The number of aliphatic hydroxyl groups excluding tert-OH is 1. The molecule has 0 saturated carbocycles. The zero-order valence-corrected chi connectivity index (χ0v) is 16.4. The van der Waals surface area contributed by atoms with E-state index in [-0.39, 0.29) is 6.42 Å². The third-order valence-electron chi connectivity index (χ3n) is 4.91. The number of rotatable bonds is 5. The van der Waals surface area contributed by atoms with E-state index < -0.39 is 17.4 Å². The number of hydrogen-bond acceptors (Lipinski definition) is 2. The molecule has 0 aromatic carbocycles. The summed E-state index contributed by atoms with van der Waals surface area (Å²) in [5.74, 6) is 1.67. The lowest BCUT2D eigenvalue weighted by Gasteiger charge is -2.23. The van der Waals surface area contributed by atoms with E-state index in [9.17, 15) is 13.9 Å². The second kappa shape index (κ2) is 9.61. The predicted octanol–water partition coefficient (Wildman–Crippen LogP) is 7.20. The van der Waals surface area contributed by atoms with Gasteiger partial charge in [-0.15, -0.1) is 0 Å². The SMILES string of the molecule is C1CS1.CC(C)CCC(C)C1=CC=C(C2=C(F)C(F)=C(O)CC2)CC1. The maximum absolute atomic E-state index is 14.0. The van der Waals surface area contributed by atoms with E-state index >= 15 is 0 Å². The lowest BCUT2D eigenvalue weighted by molar-refractivity contribution is 0.343. The number of aliphatic hydroxyl groups is 1. The first-order valence-electron chi connectivity index (χ1n) is 9.34. The highest BCUT2D eigenvalue weighted by Gasteiger charge is 2.25. The maximum Gasteiger partial charge on any atom is 0.196 e. The summed E-state index contributed by atoms with van der Waals surface area (Å²) in [5, 5.41) is 9.28. The molecule has 1 nitrogen and oxygen atoms in total. The van der Waals surface area contributed by atoms with Crippen molar-refractivity contribution in [2.24, 2.45) is 11.8 Å². The van der Waals surface area contributed by atoms with Crippen LogP contribution in [0.5, 0.6) is 0 Å². The van der Waals surface area contributed by atoms with E-state index in [1.165, 1.54) is 29.9 Å². The standard InChI is InChI=1S/C19H26F2O.C2H4S/c1-12(2)4-5-13(3)14-6-8-15(9-7-14)16-10-11-17(22)19(21)18(16)20;1-2-3-1/h6,8,12-13,22H,4-5,7,9-11H2,1-3H3;1-2H2. The van der Waals surface area contributed by atoms with Crippen molar-refractivity contribution in [2.75, 3.05) is 11.5 Å². The van der Waals surface area contributed by atoms with Crippen LogP contribution in [0.2, 0.25) is 0 Å². The maximum atomic E-state index is 14.0. The van der Waals surface area contributed by atoms with E-state index in [0.717, 1.165) is 18.4 Å². The average Bonchev–Trinajstić information content (AvgIpc) is 3.47. The van der Waals surface area contributed by atoms with Crippen LogP contribution in [0, 0.1) is 11.8 Å². The van der Waals surface area contributed by atoms with Crippen LogP contribution in [-0.2, 0) is 0 Å². The summed E-state index contributed by atoms with van der Waals surface area (Å²) >= 11 is 2.00. The summed E-state index contributed by atoms with van der Waals surface area (Å²) in [6.45, 7) is 6.71. The first kappa shape index (κ1) is 20.3. The number of hydrogen-bond donors (Lipinski definition) is 1. The fourth-order valence-electron chi connectivity index (χ4n) is 3.11. The smallest absolute Gasteiger partial charge is 0.196 e. The fraction of sp³-hybridized carbons (Fsp3) is 0.619. The Labute approximate surface area is 155 Å². The van der Waals surface area contributed by atoms with Gasteiger partial charge in [-0.25, -0.2) is 8.78 Å². The van der Waals surface area contributed by atoms with Gasteiger partial charge in [0.2, 0.25) is 0 Å². The third kappa shape index (κ3) is 6.32. The number of allylic oxidation sites excluding steroid dienone is 8. The van der Waals surface area contributed by atoms with Crippen LogP contribution in [0.1, 0.15) is 59.3 Å². The van der Waals surface area contributed by atoms with Crippen molar-refractivity contribution < 1.29 is 13.9 Å². The van der Waals surface area contributed by atoms with Gasteiger partial charge in [0.15, 0.2) is 11.7 Å². The Morgan fingerprint density at radius 3 is 2.16 bits per heavy atom. The van der Waals surface area contributed by atoms with Crippen LogP contribution in [0.15, 0.2) is 46.3 Å². The minimum absolute atomic E-state index is 0.188. The van der Waals surface area contributed by atoms with Crippen LogP contribution < -0.4 is 0 Å². The Morgan fingerprint density at radius 2 is 1.64 bits per heavy atom. The summed E-state index contributed by atoms with van der Waals surface area (Å²) in [5.41, 5.74) is 2.71. The third-order valence-corrected chi connectivity index (χ3v) is 5.31. The van der Waals surface area contributed by atoms with Gasteiger partial charge < -0.3 is 5.11 Å². The molecule has 140 valence electrons.